The minimum absolute atomic E-state index is 0.00999. The van der Waals surface area contributed by atoms with Crippen molar-refractivity contribution in [3.8, 4) is 28.3 Å². The van der Waals surface area contributed by atoms with Gasteiger partial charge in [0.15, 0.2) is 0 Å². The van der Waals surface area contributed by atoms with Crippen molar-refractivity contribution >= 4 is 0 Å². The first-order valence-electron chi connectivity index (χ1n) is 10.2. The van der Waals surface area contributed by atoms with E-state index in [1.807, 2.05) is 73.1 Å². The maximum atomic E-state index is 9.53. The molecule has 4 aromatic rings. The second kappa shape index (κ2) is 8.97. The molecule has 0 radical (unpaired) electrons. The van der Waals surface area contributed by atoms with Gasteiger partial charge in [0.1, 0.15) is 5.75 Å². The van der Waals surface area contributed by atoms with E-state index in [4.69, 9.17) is 9.84 Å². The molecule has 3 aromatic carbocycles. The van der Waals surface area contributed by atoms with E-state index in [9.17, 15) is 5.11 Å². The summed E-state index contributed by atoms with van der Waals surface area (Å²) >= 11 is 0. The van der Waals surface area contributed by atoms with Gasteiger partial charge in [-0.3, -0.25) is 4.68 Å². The van der Waals surface area contributed by atoms with Gasteiger partial charge in [-0.05, 0) is 37.1 Å². The molecule has 1 aromatic heterocycles. The minimum atomic E-state index is -0.00999. The molecule has 152 valence electrons. The number of hydrogen-bond donors (Lipinski definition) is 1. The van der Waals surface area contributed by atoms with Gasteiger partial charge < -0.3 is 9.84 Å². The Hall–Kier alpha value is -3.37. The third-order valence-corrected chi connectivity index (χ3v) is 4.92. The first-order chi connectivity index (χ1) is 14.6. The second-order valence-corrected chi connectivity index (χ2v) is 7.57. The fourth-order valence-electron chi connectivity index (χ4n) is 3.48. The monoisotopic (exact) mass is 398 g/mol. The number of aliphatic hydroxyl groups excluding tert-OH is 1. The van der Waals surface area contributed by atoms with E-state index >= 15 is 0 Å². The minimum Gasteiger partial charge on any atom is -0.491 e. The van der Waals surface area contributed by atoms with Gasteiger partial charge in [-0.15, -0.1) is 0 Å². The molecular formula is C26H26N2O2. The first-order valence-corrected chi connectivity index (χ1v) is 10.2. The van der Waals surface area contributed by atoms with Crippen LogP contribution in [0.25, 0.3) is 22.5 Å². The number of nitrogens with zero attached hydrogens (tertiary/aromatic N) is 2. The molecule has 0 amide bonds. The van der Waals surface area contributed by atoms with Crippen molar-refractivity contribution in [3.05, 3.63) is 96.1 Å². The Kier molecular flexibility index (Phi) is 5.96. The van der Waals surface area contributed by atoms with E-state index in [1.54, 1.807) is 0 Å². The maximum Gasteiger partial charge on any atom is 0.125 e. The van der Waals surface area contributed by atoms with Gasteiger partial charge in [-0.2, -0.15) is 5.10 Å². The molecule has 0 saturated carbocycles. The Balaban J connectivity index is 1.78. The quantitative estimate of drug-likeness (QED) is 0.444. The van der Waals surface area contributed by atoms with E-state index in [2.05, 4.69) is 30.3 Å². The molecule has 30 heavy (non-hydrogen) atoms. The van der Waals surface area contributed by atoms with Gasteiger partial charge in [-0.1, -0.05) is 72.8 Å². The third-order valence-electron chi connectivity index (χ3n) is 4.92. The van der Waals surface area contributed by atoms with Crippen molar-refractivity contribution in [2.75, 3.05) is 0 Å². The zero-order valence-electron chi connectivity index (χ0n) is 17.3. The molecule has 0 aliphatic heterocycles. The molecule has 0 spiro atoms. The molecule has 0 aliphatic rings. The SMILES string of the molecule is CC(C)Oc1cc(CO)ccc1Cn1nc(-c2ccccc2)cc1-c1ccccc1. The number of benzene rings is 3. The summed E-state index contributed by atoms with van der Waals surface area (Å²) in [6.07, 6.45) is 0.0452. The topological polar surface area (TPSA) is 47.3 Å². The maximum absolute atomic E-state index is 9.53. The molecule has 0 fully saturated rings. The lowest BCUT2D eigenvalue weighted by Crippen LogP contribution is -2.11. The highest BCUT2D eigenvalue weighted by Gasteiger charge is 2.15. The van der Waals surface area contributed by atoms with Crippen LogP contribution >= 0.6 is 0 Å². The van der Waals surface area contributed by atoms with E-state index in [-0.39, 0.29) is 12.7 Å². The van der Waals surface area contributed by atoms with E-state index < -0.39 is 0 Å². The van der Waals surface area contributed by atoms with Gasteiger partial charge in [0.05, 0.1) is 30.6 Å². The van der Waals surface area contributed by atoms with Crippen LogP contribution in [-0.4, -0.2) is 21.0 Å². The predicted octanol–water partition coefficient (Wildman–Crippen LogP) is 5.54. The van der Waals surface area contributed by atoms with Crippen LogP contribution in [0, 0.1) is 0 Å². The van der Waals surface area contributed by atoms with Crippen LogP contribution in [0.3, 0.4) is 0 Å². The predicted molar refractivity (Wildman–Crippen MR) is 120 cm³/mol. The van der Waals surface area contributed by atoms with Crippen molar-refractivity contribution in [1.82, 2.24) is 9.78 Å². The van der Waals surface area contributed by atoms with Crippen molar-refractivity contribution < 1.29 is 9.84 Å². The number of aliphatic hydroxyl groups is 1. The Morgan fingerprint density at radius 3 is 2.17 bits per heavy atom. The summed E-state index contributed by atoms with van der Waals surface area (Å²) in [5.74, 6) is 0.785. The van der Waals surface area contributed by atoms with Crippen LogP contribution in [-0.2, 0) is 13.2 Å². The normalized spacial score (nSPS) is 11.1. The molecule has 0 unspecified atom stereocenters. The summed E-state index contributed by atoms with van der Waals surface area (Å²) in [4.78, 5) is 0. The number of aromatic nitrogens is 2. The summed E-state index contributed by atoms with van der Waals surface area (Å²) in [6, 6.07) is 28.5. The summed E-state index contributed by atoms with van der Waals surface area (Å²) in [6.45, 7) is 4.58. The fraction of sp³-hybridized carbons (Fsp3) is 0.192. The van der Waals surface area contributed by atoms with E-state index in [0.29, 0.717) is 6.54 Å². The van der Waals surface area contributed by atoms with Crippen LogP contribution < -0.4 is 4.74 Å². The molecule has 0 bridgehead atoms. The van der Waals surface area contributed by atoms with Gasteiger partial charge >= 0.3 is 0 Å². The van der Waals surface area contributed by atoms with Gasteiger partial charge in [0, 0.05) is 11.1 Å². The summed E-state index contributed by atoms with van der Waals surface area (Å²) in [7, 11) is 0. The van der Waals surface area contributed by atoms with Crippen molar-refractivity contribution in [2.45, 2.75) is 33.1 Å². The molecule has 1 heterocycles. The lowest BCUT2D eigenvalue weighted by Gasteiger charge is -2.16. The number of hydrogen-bond acceptors (Lipinski definition) is 3. The summed E-state index contributed by atoms with van der Waals surface area (Å²) in [5, 5.41) is 14.5. The molecule has 4 heteroatoms. The highest BCUT2D eigenvalue weighted by molar-refractivity contribution is 5.68. The lowest BCUT2D eigenvalue weighted by molar-refractivity contribution is 0.237. The second-order valence-electron chi connectivity index (χ2n) is 7.57. The van der Waals surface area contributed by atoms with Crippen LogP contribution in [0.4, 0.5) is 0 Å². The number of ether oxygens (including phenoxy) is 1. The van der Waals surface area contributed by atoms with Crippen molar-refractivity contribution in [1.29, 1.82) is 0 Å². The van der Waals surface area contributed by atoms with E-state index in [0.717, 1.165) is 39.4 Å². The molecule has 0 atom stereocenters. The molecule has 4 nitrogen and oxygen atoms in total. The lowest BCUT2D eigenvalue weighted by atomic mass is 10.1. The third kappa shape index (κ3) is 4.44. The largest absolute Gasteiger partial charge is 0.491 e. The van der Waals surface area contributed by atoms with Crippen LogP contribution in [0.5, 0.6) is 5.75 Å². The van der Waals surface area contributed by atoms with Gasteiger partial charge in [0.2, 0.25) is 0 Å². The summed E-state index contributed by atoms with van der Waals surface area (Å²) in [5.41, 5.74) is 6.06. The highest BCUT2D eigenvalue weighted by Crippen LogP contribution is 2.29. The molecular weight excluding hydrogens is 372 g/mol. The fourth-order valence-corrected chi connectivity index (χ4v) is 3.48. The molecule has 1 N–H and O–H groups in total. The smallest absolute Gasteiger partial charge is 0.125 e. The molecule has 0 saturated heterocycles. The van der Waals surface area contributed by atoms with Gasteiger partial charge in [0.25, 0.3) is 0 Å². The average Bonchev–Trinajstić information content (AvgIpc) is 3.19. The average molecular weight is 399 g/mol. The zero-order valence-corrected chi connectivity index (χ0v) is 17.3. The zero-order chi connectivity index (χ0) is 20.9. The Morgan fingerprint density at radius 2 is 1.53 bits per heavy atom. The summed E-state index contributed by atoms with van der Waals surface area (Å²) < 4.78 is 8.07. The van der Waals surface area contributed by atoms with E-state index in [1.165, 1.54) is 0 Å². The van der Waals surface area contributed by atoms with Crippen LogP contribution in [0.2, 0.25) is 0 Å². The Morgan fingerprint density at radius 1 is 0.867 bits per heavy atom. The standard InChI is InChI=1S/C26H26N2O2/c1-19(2)30-26-15-20(18-29)13-14-23(26)17-28-25(22-11-7-4-8-12-22)16-24(27-28)21-9-5-3-6-10-21/h3-16,19,29H,17-18H2,1-2H3. The number of rotatable bonds is 7. The Bertz CT molecular complexity index is 1100. The highest BCUT2D eigenvalue weighted by atomic mass is 16.5. The van der Waals surface area contributed by atoms with Crippen molar-refractivity contribution in [2.24, 2.45) is 0 Å². The van der Waals surface area contributed by atoms with Crippen LogP contribution in [0.1, 0.15) is 25.0 Å². The first kappa shape index (κ1) is 19.9. The van der Waals surface area contributed by atoms with Gasteiger partial charge in [-0.25, -0.2) is 0 Å². The van der Waals surface area contributed by atoms with Crippen molar-refractivity contribution in [3.63, 3.8) is 0 Å². The molecule has 4 rings (SSSR count). The molecule has 0 aliphatic carbocycles. The van der Waals surface area contributed by atoms with Crippen LogP contribution in [0.15, 0.2) is 84.9 Å². The Labute approximate surface area is 177 Å².